The summed E-state index contributed by atoms with van der Waals surface area (Å²) in [5, 5.41) is 7.43. The van der Waals surface area contributed by atoms with Gasteiger partial charge in [-0.3, -0.25) is 10.1 Å². The Kier molecular flexibility index (Phi) is 7.06. The van der Waals surface area contributed by atoms with Gasteiger partial charge in [-0.25, -0.2) is 0 Å². The molecule has 0 atom stereocenters. The molecule has 7 heteroatoms. The molecule has 0 spiro atoms. The quantitative estimate of drug-likeness (QED) is 0.570. The number of carbonyl (C=O) groups excluding carboxylic acids is 1. The molecule has 2 rings (SSSR count). The summed E-state index contributed by atoms with van der Waals surface area (Å²) in [6.07, 6.45) is 3.07. The smallest absolute Gasteiger partial charge is 0.250 e. The lowest BCUT2D eigenvalue weighted by Gasteiger charge is -2.09. The van der Waals surface area contributed by atoms with Gasteiger partial charge in [0.25, 0.3) is 0 Å². The maximum Gasteiger partial charge on any atom is 0.250 e. The minimum atomic E-state index is -0.329. The van der Waals surface area contributed by atoms with E-state index in [2.05, 4.69) is 10.6 Å². The molecule has 0 aliphatic carbocycles. The molecule has 0 saturated carbocycles. The highest BCUT2D eigenvalue weighted by Crippen LogP contribution is 2.20. The normalized spacial score (nSPS) is 10.6. The Morgan fingerprint density at radius 3 is 2.38 bits per heavy atom. The van der Waals surface area contributed by atoms with Crippen LogP contribution in [0.25, 0.3) is 6.08 Å². The molecule has 0 fully saturated rings. The van der Waals surface area contributed by atoms with Crippen LogP contribution < -0.4 is 10.6 Å². The maximum absolute atomic E-state index is 11.8. The Hall–Kier alpha value is -1.59. The number of nitrogens with one attached hydrogen (secondary N) is 2. The van der Waals surface area contributed by atoms with Crippen molar-refractivity contribution in [3.8, 4) is 0 Å². The van der Waals surface area contributed by atoms with Crippen molar-refractivity contribution in [3.63, 3.8) is 0 Å². The molecule has 0 saturated heterocycles. The Bertz CT molecular complexity index is 776. The summed E-state index contributed by atoms with van der Waals surface area (Å²) in [6, 6.07) is 12.3. The second-order valence-corrected chi connectivity index (χ2v) is 6.48. The summed E-state index contributed by atoms with van der Waals surface area (Å²) in [5.74, 6) is -0.329. The van der Waals surface area contributed by atoms with E-state index >= 15 is 0 Å². The van der Waals surface area contributed by atoms with Crippen LogP contribution in [0.2, 0.25) is 15.1 Å². The van der Waals surface area contributed by atoms with Crippen LogP contribution in [0.5, 0.6) is 0 Å². The average molecular weight is 400 g/mol. The number of benzene rings is 2. The maximum atomic E-state index is 11.8. The van der Waals surface area contributed by atoms with Gasteiger partial charge in [-0.1, -0.05) is 53.0 Å². The highest BCUT2D eigenvalue weighted by atomic mass is 35.5. The van der Waals surface area contributed by atoms with E-state index in [9.17, 15) is 4.79 Å². The molecule has 0 aromatic heterocycles. The number of amides is 1. The molecule has 0 radical (unpaired) electrons. The molecule has 0 aliphatic heterocycles. The van der Waals surface area contributed by atoms with Gasteiger partial charge in [-0.15, -0.1) is 0 Å². The van der Waals surface area contributed by atoms with Gasteiger partial charge < -0.3 is 5.32 Å². The van der Waals surface area contributed by atoms with Crippen LogP contribution >= 0.6 is 47.0 Å². The van der Waals surface area contributed by atoms with Crippen molar-refractivity contribution >= 4 is 64.1 Å². The zero-order chi connectivity index (χ0) is 17.5. The Morgan fingerprint density at radius 1 is 1.04 bits per heavy atom. The van der Waals surface area contributed by atoms with Gasteiger partial charge in [0.1, 0.15) is 0 Å². The molecule has 2 aromatic rings. The first-order valence-corrected chi connectivity index (χ1v) is 8.44. The number of hydrogen-bond donors (Lipinski definition) is 2. The first-order valence-electron chi connectivity index (χ1n) is 6.90. The number of hydrogen-bond acceptors (Lipinski definition) is 2. The monoisotopic (exact) mass is 398 g/mol. The van der Waals surface area contributed by atoms with Crippen molar-refractivity contribution in [1.82, 2.24) is 10.6 Å². The molecule has 1 amide bonds. The SMILES string of the molecule is O=C(/C=C/c1ccc(Cl)cc1)NC(=S)NCc1ccc(Cl)cc1Cl. The van der Waals surface area contributed by atoms with E-state index < -0.39 is 0 Å². The Labute approximate surface area is 160 Å². The lowest BCUT2D eigenvalue weighted by atomic mass is 10.2. The summed E-state index contributed by atoms with van der Waals surface area (Å²) in [4.78, 5) is 11.8. The van der Waals surface area contributed by atoms with Crippen LogP contribution in [0.1, 0.15) is 11.1 Å². The fraction of sp³-hybridized carbons (Fsp3) is 0.0588. The van der Waals surface area contributed by atoms with E-state index in [0.717, 1.165) is 11.1 Å². The van der Waals surface area contributed by atoms with Gasteiger partial charge in [-0.05, 0) is 53.7 Å². The second-order valence-electron chi connectivity index (χ2n) is 4.79. The average Bonchev–Trinajstić information content (AvgIpc) is 2.53. The van der Waals surface area contributed by atoms with Crippen molar-refractivity contribution in [1.29, 1.82) is 0 Å². The standard InChI is InChI=1S/C17H13Cl3N2OS/c18-13-5-1-11(2-6-13)3-8-16(23)22-17(24)21-10-12-4-7-14(19)9-15(12)20/h1-9H,10H2,(H2,21,22,23,24)/b8-3+. The topological polar surface area (TPSA) is 41.1 Å². The van der Waals surface area contributed by atoms with E-state index in [1.807, 2.05) is 12.1 Å². The van der Waals surface area contributed by atoms with Gasteiger partial charge in [0.2, 0.25) is 5.91 Å². The van der Waals surface area contributed by atoms with E-state index in [0.29, 0.717) is 21.6 Å². The predicted octanol–water partition coefficient (Wildman–Crippen LogP) is 4.85. The zero-order valence-electron chi connectivity index (χ0n) is 12.4. The zero-order valence-corrected chi connectivity index (χ0v) is 15.4. The Morgan fingerprint density at radius 2 is 1.71 bits per heavy atom. The first kappa shape index (κ1) is 18.7. The van der Waals surface area contributed by atoms with Crippen molar-refractivity contribution in [2.45, 2.75) is 6.54 Å². The van der Waals surface area contributed by atoms with Gasteiger partial charge in [-0.2, -0.15) is 0 Å². The van der Waals surface area contributed by atoms with Crippen molar-refractivity contribution in [2.75, 3.05) is 0 Å². The minimum absolute atomic E-state index is 0.215. The molecule has 0 unspecified atom stereocenters. The summed E-state index contributed by atoms with van der Waals surface area (Å²) in [5.41, 5.74) is 1.69. The summed E-state index contributed by atoms with van der Waals surface area (Å²) >= 11 is 22.8. The Balaban J connectivity index is 1.83. The number of carbonyl (C=O) groups is 1. The van der Waals surface area contributed by atoms with Gasteiger partial charge in [0.15, 0.2) is 5.11 Å². The molecule has 0 heterocycles. The molecule has 2 aromatic carbocycles. The third-order valence-electron chi connectivity index (χ3n) is 2.99. The molecule has 2 N–H and O–H groups in total. The van der Waals surface area contributed by atoms with E-state index in [1.165, 1.54) is 6.08 Å². The molecule has 0 aliphatic rings. The predicted molar refractivity (Wildman–Crippen MR) is 105 cm³/mol. The lowest BCUT2D eigenvalue weighted by Crippen LogP contribution is -2.38. The minimum Gasteiger partial charge on any atom is -0.358 e. The van der Waals surface area contributed by atoms with Crippen LogP contribution in [0, 0.1) is 0 Å². The van der Waals surface area contributed by atoms with Crippen LogP contribution in [0.4, 0.5) is 0 Å². The van der Waals surface area contributed by atoms with Gasteiger partial charge in [0.05, 0.1) is 0 Å². The number of halogens is 3. The van der Waals surface area contributed by atoms with Gasteiger partial charge in [0, 0.05) is 27.7 Å². The van der Waals surface area contributed by atoms with Crippen molar-refractivity contribution < 1.29 is 4.79 Å². The van der Waals surface area contributed by atoms with E-state index in [-0.39, 0.29) is 11.0 Å². The first-order chi connectivity index (χ1) is 11.4. The molecule has 124 valence electrons. The van der Waals surface area contributed by atoms with Crippen LogP contribution in [-0.4, -0.2) is 11.0 Å². The third kappa shape index (κ3) is 6.13. The fourth-order valence-electron chi connectivity index (χ4n) is 1.78. The molecule has 3 nitrogen and oxygen atoms in total. The third-order valence-corrected chi connectivity index (χ3v) is 4.07. The lowest BCUT2D eigenvalue weighted by molar-refractivity contribution is -0.115. The highest BCUT2D eigenvalue weighted by Gasteiger charge is 2.04. The molecular weight excluding hydrogens is 387 g/mol. The van der Waals surface area contributed by atoms with Crippen LogP contribution in [-0.2, 0) is 11.3 Å². The molecular formula is C17H13Cl3N2OS. The number of thiocarbonyl (C=S) groups is 1. The van der Waals surface area contributed by atoms with Crippen LogP contribution in [0.15, 0.2) is 48.5 Å². The second kappa shape index (κ2) is 9.04. The van der Waals surface area contributed by atoms with Gasteiger partial charge >= 0.3 is 0 Å². The van der Waals surface area contributed by atoms with Crippen molar-refractivity contribution in [2.24, 2.45) is 0 Å². The summed E-state index contributed by atoms with van der Waals surface area (Å²) < 4.78 is 0. The van der Waals surface area contributed by atoms with E-state index in [4.69, 9.17) is 47.0 Å². The summed E-state index contributed by atoms with van der Waals surface area (Å²) in [6.45, 7) is 0.385. The number of rotatable bonds is 4. The molecule has 24 heavy (non-hydrogen) atoms. The largest absolute Gasteiger partial charge is 0.358 e. The van der Waals surface area contributed by atoms with Crippen LogP contribution in [0.3, 0.4) is 0 Å². The van der Waals surface area contributed by atoms with E-state index in [1.54, 1.807) is 36.4 Å². The summed E-state index contributed by atoms with van der Waals surface area (Å²) in [7, 11) is 0. The molecule has 0 bridgehead atoms. The fourth-order valence-corrected chi connectivity index (χ4v) is 2.56. The highest BCUT2D eigenvalue weighted by molar-refractivity contribution is 7.80. The van der Waals surface area contributed by atoms with Crippen molar-refractivity contribution in [3.05, 3.63) is 74.7 Å².